The van der Waals surface area contributed by atoms with Crippen LogP contribution in [0.2, 0.25) is 0 Å². The molecule has 0 aliphatic rings. The van der Waals surface area contributed by atoms with E-state index in [1.54, 1.807) is 24.5 Å². The van der Waals surface area contributed by atoms with Crippen LogP contribution in [0.3, 0.4) is 0 Å². The predicted molar refractivity (Wildman–Crippen MR) is 145 cm³/mol. The summed E-state index contributed by atoms with van der Waals surface area (Å²) in [5.74, 6) is 0.259. The average Bonchev–Trinajstić information content (AvgIpc) is 3.41. The smallest absolute Gasteiger partial charge is 0.253 e. The van der Waals surface area contributed by atoms with Gasteiger partial charge in [0.2, 0.25) is 0 Å². The summed E-state index contributed by atoms with van der Waals surface area (Å²) in [6, 6.07) is 18.2. The van der Waals surface area contributed by atoms with Gasteiger partial charge in [-0.3, -0.25) is 9.59 Å². The molecular formula is C30H39N3O4. The lowest BCUT2D eigenvalue weighted by atomic mass is 10.0. The minimum absolute atomic E-state index is 0.0706. The summed E-state index contributed by atoms with van der Waals surface area (Å²) >= 11 is 0. The molecule has 0 fully saturated rings. The van der Waals surface area contributed by atoms with Crippen LogP contribution in [0.1, 0.15) is 64.3 Å². The lowest BCUT2D eigenvalue weighted by Crippen LogP contribution is -2.48. The Kier molecular flexibility index (Phi) is 10.9. The molecule has 198 valence electrons. The minimum Gasteiger partial charge on any atom is -0.469 e. The molecule has 7 heteroatoms. The molecule has 2 amide bonds. The third kappa shape index (κ3) is 8.58. The van der Waals surface area contributed by atoms with Gasteiger partial charge in [0.25, 0.3) is 11.8 Å². The summed E-state index contributed by atoms with van der Waals surface area (Å²) in [6.07, 6.45) is 2.80. The van der Waals surface area contributed by atoms with E-state index >= 15 is 0 Å². The molecule has 3 aromatic rings. The van der Waals surface area contributed by atoms with E-state index in [0.29, 0.717) is 49.5 Å². The maximum absolute atomic E-state index is 13.3. The summed E-state index contributed by atoms with van der Waals surface area (Å²) in [5.41, 5.74) is 2.83. The summed E-state index contributed by atoms with van der Waals surface area (Å²) in [4.78, 5) is 28.3. The Morgan fingerprint density at radius 3 is 2.32 bits per heavy atom. The highest BCUT2D eigenvalue weighted by Crippen LogP contribution is 2.15. The van der Waals surface area contributed by atoms with Crippen molar-refractivity contribution in [2.75, 3.05) is 19.6 Å². The zero-order chi connectivity index (χ0) is 26.6. The van der Waals surface area contributed by atoms with Gasteiger partial charge in [-0.1, -0.05) is 44.2 Å². The lowest BCUT2D eigenvalue weighted by molar-refractivity contribution is 0.0755. The molecule has 0 spiro atoms. The third-order valence-electron chi connectivity index (χ3n) is 6.17. The average molecular weight is 506 g/mol. The van der Waals surface area contributed by atoms with Gasteiger partial charge in [-0.2, -0.15) is 0 Å². The van der Waals surface area contributed by atoms with Gasteiger partial charge in [0.1, 0.15) is 5.76 Å². The first-order valence-electron chi connectivity index (χ1n) is 13.1. The summed E-state index contributed by atoms with van der Waals surface area (Å²) in [7, 11) is 0. The Hall–Kier alpha value is -3.42. The van der Waals surface area contributed by atoms with E-state index in [0.717, 1.165) is 24.0 Å². The SMILES string of the molecule is CCCN(CCC)C(=O)c1cc(C)cc(C(=O)N[C@@H](Cc2ccco2)[C@H](O)CNCc2ccccc2)c1. The predicted octanol–water partition coefficient (Wildman–Crippen LogP) is 4.34. The molecule has 0 aliphatic heterocycles. The first-order chi connectivity index (χ1) is 17.9. The number of aliphatic hydroxyl groups excluding tert-OH is 1. The standard InChI is InChI=1S/C30H39N3O4/c1-4-13-33(14-5-2)30(36)25-17-22(3)16-24(18-25)29(35)32-27(19-26-12-9-15-37-26)28(34)21-31-20-23-10-7-6-8-11-23/h6-12,15-18,27-28,31,34H,4-5,13-14,19-21H2,1-3H3,(H,32,35)/t27-,28+/m0/s1. The molecule has 37 heavy (non-hydrogen) atoms. The number of rotatable bonds is 14. The number of aryl methyl sites for hydroxylation is 1. The van der Waals surface area contributed by atoms with E-state index in [4.69, 9.17) is 4.42 Å². The van der Waals surface area contributed by atoms with E-state index in [9.17, 15) is 14.7 Å². The number of furan rings is 1. The fourth-order valence-electron chi connectivity index (χ4n) is 4.36. The van der Waals surface area contributed by atoms with Gasteiger partial charge in [-0.25, -0.2) is 0 Å². The minimum atomic E-state index is -0.853. The van der Waals surface area contributed by atoms with Crippen LogP contribution >= 0.6 is 0 Å². The number of carbonyl (C=O) groups is 2. The zero-order valence-electron chi connectivity index (χ0n) is 22.1. The lowest BCUT2D eigenvalue weighted by Gasteiger charge is -2.25. The Balaban J connectivity index is 1.73. The number of nitrogens with zero attached hydrogens (tertiary/aromatic N) is 1. The highest BCUT2D eigenvalue weighted by Gasteiger charge is 2.24. The van der Waals surface area contributed by atoms with E-state index in [1.807, 2.05) is 68.1 Å². The number of nitrogens with one attached hydrogen (secondary N) is 2. The number of benzene rings is 2. The number of aliphatic hydroxyl groups is 1. The molecule has 7 nitrogen and oxygen atoms in total. The Labute approximate surface area is 219 Å². The van der Waals surface area contributed by atoms with Crippen LogP contribution in [0.4, 0.5) is 0 Å². The van der Waals surface area contributed by atoms with Crippen LogP contribution < -0.4 is 10.6 Å². The van der Waals surface area contributed by atoms with Crippen molar-refractivity contribution in [3.8, 4) is 0 Å². The quantitative estimate of drug-likeness (QED) is 0.303. The van der Waals surface area contributed by atoms with Crippen LogP contribution in [0.25, 0.3) is 0 Å². The third-order valence-corrected chi connectivity index (χ3v) is 6.17. The summed E-state index contributed by atoms with van der Waals surface area (Å²) < 4.78 is 5.48. The fourth-order valence-corrected chi connectivity index (χ4v) is 4.36. The molecule has 2 atom stereocenters. The van der Waals surface area contributed by atoms with Crippen LogP contribution in [0.5, 0.6) is 0 Å². The highest BCUT2D eigenvalue weighted by molar-refractivity contribution is 6.00. The van der Waals surface area contributed by atoms with Crippen molar-refractivity contribution in [3.63, 3.8) is 0 Å². The van der Waals surface area contributed by atoms with Crippen molar-refractivity contribution in [1.82, 2.24) is 15.5 Å². The fraction of sp³-hybridized carbons (Fsp3) is 0.400. The van der Waals surface area contributed by atoms with Crippen molar-refractivity contribution in [1.29, 1.82) is 0 Å². The Bertz CT molecular complexity index is 1110. The maximum atomic E-state index is 13.3. The first-order valence-corrected chi connectivity index (χ1v) is 13.1. The second-order valence-corrected chi connectivity index (χ2v) is 9.43. The Morgan fingerprint density at radius 2 is 1.68 bits per heavy atom. The van der Waals surface area contributed by atoms with Crippen molar-refractivity contribution in [2.24, 2.45) is 0 Å². The van der Waals surface area contributed by atoms with Gasteiger partial charge in [0.05, 0.1) is 18.4 Å². The molecule has 1 heterocycles. The number of carbonyl (C=O) groups excluding carboxylic acids is 2. The molecule has 1 aromatic heterocycles. The maximum Gasteiger partial charge on any atom is 0.253 e. The second kappa shape index (κ2) is 14.4. The molecule has 0 aliphatic carbocycles. The van der Waals surface area contributed by atoms with Crippen molar-refractivity contribution < 1.29 is 19.1 Å². The van der Waals surface area contributed by atoms with E-state index < -0.39 is 12.1 Å². The normalized spacial score (nSPS) is 12.6. The molecule has 2 aromatic carbocycles. The number of hydrogen-bond acceptors (Lipinski definition) is 5. The van der Waals surface area contributed by atoms with Crippen LogP contribution in [0.15, 0.2) is 71.3 Å². The molecule has 3 N–H and O–H groups in total. The second-order valence-electron chi connectivity index (χ2n) is 9.43. The number of amides is 2. The van der Waals surface area contributed by atoms with Crippen molar-refractivity contribution >= 4 is 11.8 Å². The van der Waals surface area contributed by atoms with E-state index in [-0.39, 0.29) is 11.8 Å². The summed E-state index contributed by atoms with van der Waals surface area (Å²) in [6.45, 7) is 8.22. The van der Waals surface area contributed by atoms with Crippen molar-refractivity contribution in [3.05, 3.63) is 94.9 Å². The monoisotopic (exact) mass is 505 g/mol. The van der Waals surface area contributed by atoms with Gasteiger partial charge in [-0.15, -0.1) is 0 Å². The Morgan fingerprint density at radius 1 is 0.973 bits per heavy atom. The van der Waals surface area contributed by atoms with Crippen LogP contribution in [-0.2, 0) is 13.0 Å². The molecule has 0 saturated heterocycles. The van der Waals surface area contributed by atoms with Gasteiger partial charge in [-0.05, 0) is 61.2 Å². The molecule has 0 radical (unpaired) electrons. The largest absolute Gasteiger partial charge is 0.469 e. The van der Waals surface area contributed by atoms with Crippen molar-refractivity contribution in [2.45, 2.75) is 58.7 Å². The van der Waals surface area contributed by atoms with Crippen LogP contribution in [0, 0.1) is 6.92 Å². The van der Waals surface area contributed by atoms with E-state index in [1.165, 1.54) is 0 Å². The topological polar surface area (TPSA) is 94.8 Å². The van der Waals surface area contributed by atoms with Gasteiger partial charge in [0.15, 0.2) is 0 Å². The van der Waals surface area contributed by atoms with Crippen LogP contribution in [-0.4, -0.2) is 53.6 Å². The van der Waals surface area contributed by atoms with Gasteiger partial charge in [0, 0.05) is 43.7 Å². The molecular weight excluding hydrogens is 466 g/mol. The number of hydrogen-bond donors (Lipinski definition) is 3. The molecule has 0 bridgehead atoms. The molecule has 0 saturated carbocycles. The van der Waals surface area contributed by atoms with Gasteiger partial charge < -0.3 is 25.1 Å². The molecule has 3 rings (SSSR count). The van der Waals surface area contributed by atoms with Gasteiger partial charge >= 0.3 is 0 Å². The first kappa shape index (κ1) is 28.2. The molecule has 0 unspecified atom stereocenters. The highest BCUT2D eigenvalue weighted by atomic mass is 16.3. The summed E-state index contributed by atoms with van der Waals surface area (Å²) in [5, 5.41) is 17.2. The van der Waals surface area contributed by atoms with E-state index in [2.05, 4.69) is 10.6 Å². The zero-order valence-corrected chi connectivity index (χ0v) is 22.1.